The van der Waals surface area contributed by atoms with Crippen molar-refractivity contribution < 1.29 is 24.2 Å². The molecule has 0 unspecified atom stereocenters. The number of ether oxygens (including phenoxy) is 2. The summed E-state index contributed by atoms with van der Waals surface area (Å²) in [6.07, 6.45) is 1.73. The van der Waals surface area contributed by atoms with Gasteiger partial charge in [-0.15, -0.1) is 11.3 Å². The number of aromatic amines is 1. The third-order valence-corrected chi connectivity index (χ3v) is 9.88. The van der Waals surface area contributed by atoms with Crippen molar-refractivity contribution in [1.29, 1.82) is 0 Å². The van der Waals surface area contributed by atoms with Gasteiger partial charge in [-0.3, -0.25) is 19.3 Å². The summed E-state index contributed by atoms with van der Waals surface area (Å²) in [7, 11) is 0. The molecule has 0 radical (unpaired) electrons. The van der Waals surface area contributed by atoms with Gasteiger partial charge in [0, 0.05) is 43.7 Å². The minimum Gasteiger partial charge on any atom is -0.506 e. The van der Waals surface area contributed by atoms with Gasteiger partial charge in [-0.25, -0.2) is 4.98 Å². The van der Waals surface area contributed by atoms with Gasteiger partial charge in [-0.2, -0.15) is 0 Å². The molecule has 2 saturated heterocycles. The van der Waals surface area contributed by atoms with E-state index in [1.54, 1.807) is 6.07 Å². The predicted molar refractivity (Wildman–Crippen MR) is 169 cm³/mol. The van der Waals surface area contributed by atoms with Crippen LogP contribution < -0.4 is 14.9 Å². The largest absolute Gasteiger partial charge is 0.506 e. The number of phenols is 1. The smallest absolute Gasteiger partial charge is 0.305 e. The number of piperidine rings is 1. The maximum absolute atomic E-state index is 13.0. The third kappa shape index (κ3) is 6.87. The summed E-state index contributed by atoms with van der Waals surface area (Å²) in [5.74, 6) is 0.549. The lowest BCUT2D eigenvalue weighted by molar-refractivity contribution is -0.127. The Hall–Kier alpha value is -3.62. The number of nitrogens with one attached hydrogen (secondary N) is 2. The monoisotopic (exact) mass is 637 g/mol. The number of phenolic OH excluding ortho intramolecular Hbond substituents is 1. The number of rotatable bonds is 10. The molecule has 0 atom stereocenters. The number of benzene rings is 2. The van der Waals surface area contributed by atoms with Gasteiger partial charge in [0.2, 0.25) is 0 Å². The Kier molecular flexibility index (Phi) is 9.10. The molecule has 2 aliphatic rings. The number of carbonyl (C=O) groups excluding carboxylic acids is 2. The Morgan fingerprint density at radius 3 is 2.84 bits per heavy atom. The zero-order valence-corrected chi connectivity index (χ0v) is 26.1. The fraction of sp³-hybridized carbons (Fsp3) is 0.419. The number of likely N-dealkylation sites (tertiary alicyclic amines) is 1. The first-order valence-corrected chi connectivity index (χ1v) is 16.4. The molecule has 2 aliphatic heterocycles. The second-order valence-electron chi connectivity index (χ2n) is 11.2. The Morgan fingerprint density at radius 1 is 1.20 bits per heavy atom. The maximum Gasteiger partial charge on any atom is 0.305 e. The standard InChI is InChI=1S/C31H35N5O6S2/c1-20-33-24(18-43-20)29(39)36-12-14-42-31(19-36)7-9-35(10-8-31)11-13-41-22-4-2-3-21(15-22)16-32-17-26(38)23-5-6-25(37)27-28(23)44-30(40)34-27/h2-6,15,18,32,37H,7-14,16-17,19H2,1H3,(H,34,40). The van der Waals surface area contributed by atoms with Crippen LogP contribution in [0.25, 0.3) is 10.2 Å². The SMILES string of the molecule is Cc1nc(C(=O)N2CCOC3(CCN(CCOc4cccc(CNCC(=O)c5ccc(O)c6[nH]c(=O)sc56)c4)CC3)C2)cs1. The van der Waals surface area contributed by atoms with Crippen LogP contribution in [0, 0.1) is 6.92 Å². The van der Waals surface area contributed by atoms with Crippen molar-refractivity contribution in [2.45, 2.75) is 31.9 Å². The van der Waals surface area contributed by atoms with E-state index < -0.39 is 0 Å². The van der Waals surface area contributed by atoms with Crippen LogP contribution in [0.15, 0.2) is 46.6 Å². The third-order valence-electron chi connectivity index (χ3n) is 8.19. The molecule has 1 spiro atoms. The highest BCUT2D eigenvalue weighted by Gasteiger charge is 2.41. The maximum atomic E-state index is 13.0. The average molecular weight is 638 g/mol. The van der Waals surface area contributed by atoms with Crippen molar-refractivity contribution in [2.24, 2.45) is 0 Å². The van der Waals surface area contributed by atoms with E-state index in [2.05, 4.69) is 20.2 Å². The van der Waals surface area contributed by atoms with E-state index in [0.717, 1.165) is 60.1 Å². The number of hydrogen-bond donors (Lipinski definition) is 3. The number of Topliss-reactive ketones (excluding diaryl/α,β-unsaturated/α-hetero) is 1. The van der Waals surface area contributed by atoms with Gasteiger partial charge in [-0.1, -0.05) is 23.5 Å². The number of ketones is 1. The number of morpholine rings is 1. The summed E-state index contributed by atoms with van der Waals surface area (Å²) in [6.45, 7) is 7.33. The molecule has 44 heavy (non-hydrogen) atoms. The predicted octanol–water partition coefficient (Wildman–Crippen LogP) is 3.42. The van der Waals surface area contributed by atoms with Crippen molar-refractivity contribution in [1.82, 2.24) is 25.1 Å². The molecule has 4 aromatic rings. The summed E-state index contributed by atoms with van der Waals surface area (Å²) in [5.41, 5.74) is 1.91. The Balaban J connectivity index is 0.937. The van der Waals surface area contributed by atoms with Gasteiger partial charge >= 0.3 is 4.87 Å². The van der Waals surface area contributed by atoms with Crippen LogP contribution in [-0.4, -0.2) is 94.6 Å². The lowest BCUT2D eigenvalue weighted by atomic mass is 9.89. The van der Waals surface area contributed by atoms with Crippen molar-refractivity contribution in [3.63, 3.8) is 0 Å². The number of H-pyrrole nitrogens is 1. The fourth-order valence-electron chi connectivity index (χ4n) is 5.82. The molecule has 0 aliphatic carbocycles. The summed E-state index contributed by atoms with van der Waals surface area (Å²) in [4.78, 5) is 48.4. The quantitative estimate of drug-likeness (QED) is 0.224. The normalized spacial score (nSPS) is 16.9. The van der Waals surface area contributed by atoms with E-state index in [4.69, 9.17) is 9.47 Å². The van der Waals surface area contributed by atoms with Crippen molar-refractivity contribution in [3.8, 4) is 11.5 Å². The number of aryl methyl sites for hydroxylation is 1. The van der Waals surface area contributed by atoms with E-state index in [-0.39, 0.29) is 34.5 Å². The van der Waals surface area contributed by atoms with E-state index in [1.807, 2.05) is 41.5 Å². The molecular formula is C31H35N5O6S2. The highest BCUT2D eigenvalue weighted by Crippen LogP contribution is 2.31. The van der Waals surface area contributed by atoms with E-state index in [0.29, 0.717) is 54.3 Å². The van der Waals surface area contributed by atoms with Gasteiger partial charge in [0.05, 0.1) is 35.0 Å². The first-order valence-electron chi connectivity index (χ1n) is 14.7. The number of amides is 1. The van der Waals surface area contributed by atoms with Crippen LogP contribution in [0.3, 0.4) is 0 Å². The Labute approximate surface area is 262 Å². The zero-order valence-electron chi connectivity index (χ0n) is 24.5. The van der Waals surface area contributed by atoms with Crippen LogP contribution in [0.4, 0.5) is 0 Å². The Morgan fingerprint density at radius 2 is 2.05 bits per heavy atom. The highest BCUT2D eigenvalue weighted by atomic mass is 32.1. The topological polar surface area (TPSA) is 137 Å². The molecule has 232 valence electrons. The van der Waals surface area contributed by atoms with Crippen LogP contribution in [0.1, 0.15) is 44.3 Å². The van der Waals surface area contributed by atoms with Crippen molar-refractivity contribution >= 4 is 44.6 Å². The molecule has 13 heteroatoms. The van der Waals surface area contributed by atoms with Crippen LogP contribution in [0.5, 0.6) is 11.5 Å². The molecule has 2 aromatic carbocycles. The van der Waals surface area contributed by atoms with Gasteiger partial charge in [0.15, 0.2) is 5.78 Å². The first kappa shape index (κ1) is 30.4. The van der Waals surface area contributed by atoms with Gasteiger partial charge in [0.1, 0.15) is 29.3 Å². The second-order valence-corrected chi connectivity index (χ2v) is 13.3. The van der Waals surface area contributed by atoms with Crippen LogP contribution >= 0.6 is 22.7 Å². The average Bonchev–Trinajstić information content (AvgIpc) is 3.64. The number of carbonyl (C=O) groups is 2. The van der Waals surface area contributed by atoms with Gasteiger partial charge in [-0.05, 0) is 49.6 Å². The molecule has 3 N–H and O–H groups in total. The number of fused-ring (bicyclic) bond motifs is 1. The molecule has 11 nitrogen and oxygen atoms in total. The van der Waals surface area contributed by atoms with Crippen LogP contribution in [0.2, 0.25) is 0 Å². The van der Waals surface area contributed by atoms with E-state index >= 15 is 0 Å². The molecule has 0 bridgehead atoms. The molecule has 2 aromatic heterocycles. The summed E-state index contributed by atoms with van der Waals surface area (Å²) < 4.78 is 12.8. The number of thiazole rings is 2. The lowest BCUT2D eigenvalue weighted by Gasteiger charge is -2.47. The number of aromatic hydroxyl groups is 1. The molecule has 4 heterocycles. The van der Waals surface area contributed by atoms with Crippen molar-refractivity contribution in [2.75, 3.05) is 52.5 Å². The number of aromatic nitrogens is 2. The summed E-state index contributed by atoms with van der Waals surface area (Å²) in [5, 5.41) is 15.9. The fourth-order valence-corrected chi connectivity index (χ4v) is 7.30. The van der Waals surface area contributed by atoms with Gasteiger partial charge in [0.25, 0.3) is 5.91 Å². The molecule has 1 amide bonds. The Bertz CT molecular complexity index is 1710. The molecular weight excluding hydrogens is 603 g/mol. The molecule has 6 rings (SSSR count). The zero-order chi connectivity index (χ0) is 30.7. The lowest BCUT2D eigenvalue weighted by Crippen LogP contribution is -2.58. The second kappa shape index (κ2) is 13.2. The van der Waals surface area contributed by atoms with E-state index in [9.17, 15) is 19.5 Å². The first-order chi connectivity index (χ1) is 21.3. The highest BCUT2D eigenvalue weighted by molar-refractivity contribution is 7.16. The summed E-state index contributed by atoms with van der Waals surface area (Å²) in [6, 6.07) is 10.8. The molecule has 0 saturated carbocycles. The summed E-state index contributed by atoms with van der Waals surface area (Å²) >= 11 is 2.41. The molecule has 2 fully saturated rings. The minimum absolute atomic E-state index is 0.00766. The van der Waals surface area contributed by atoms with Crippen molar-refractivity contribution in [3.05, 3.63) is 73.3 Å². The minimum atomic E-state index is -0.315. The van der Waals surface area contributed by atoms with E-state index in [1.165, 1.54) is 17.4 Å². The number of hydrogen-bond acceptors (Lipinski definition) is 11. The van der Waals surface area contributed by atoms with Crippen LogP contribution in [-0.2, 0) is 11.3 Å². The van der Waals surface area contributed by atoms with Gasteiger partial charge < -0.3 is 29.8 Å². The number of nitrogens with zero attached hydrogens (tertiary/aromatic N) is 3.